The number of halogens is 3. The Morgan fingerprint density at radius 2 is 1.68 bits per heavy atom. The van der Waals surface area contributed by atoms with Gasteiger partial charge in [0.2, 0.25) is 0 Å². The average molecular weight is 352 g/mol. The molecule has 0 fully saturated rings. The normalized spacial score (nSPS) is 11.4. The Morgan fingerprint density at radius 3 is 2.28 bits per heavy atom. The van der Waals surface area contributed by atoms with Crippen molar-refractivity contribution >= 4 is 17.3 Å². The number of nitrogens with one attached hydrogen (secondary N) is 1. The van der Waals surface area contributed by atoms with Crippen molar-refractivity contribution in [3.8, 4) is 0 Å². The lowest BCUT2D eigenvalue weighted by molar-refractivity contribution is -0.136. The van der Waals surface area contributed by atoms with Gasteiger partial charge >= 0.3 is 6.18 Å². The smallest absolute Gasteiger partial charge is 0.356 e. The molecule has 2 aromatic rings. The third-order valence-corrected chi connectivity index (χ3v) is 3.63. The van der Waals surface area contributed by atoms with E-state index in [2.05, 4.69) is 34.0 Å². The highest BCUT2D eigenvalue weighted by Gasteiger charge is 2.33. The van der Waals surface area contributed by atoms with Crippen molar-refractivity contribution in [1.29, 1.82) is 0 Å². The second kappa shape index (κ2) is 8.18. The molecule has 0 spiro atoms. The lowest BCUT2D eigenvalue weighted by Gasteiger charge is -2.23. The summed E-state index contributed by atoms with van der Waals surface area (Å²) in [5.74, 6) is 1.60. The Morgan fingerprint density at radius 1 is 1.04 bits per heavy atom. The molecule has 0 aliphatic carbocycles. The third kappa shape index (κ3) is 5.08. The zero-order valence-electron chi connectivity index (χ0n) is 14.7. The van der Waals surface area contributed by atoms with Crippen molar-refractivity contribution < 1.29 is 13.2 Å². The van der Waals surface area contributed by atoms with Crippen molar-refractivity contribution in [3.63, 3.8) is 0 Å². The quantitative estimate of drug-likeness (QED) is 0.746. The van der Waals surface area contributed by atoms with Gasteiger partial charge in [0.15, 0.2) is 0 Å². The molecule has 0 unspecified atom stereocenters. The van der Waals surface area contributed by atoms with E-state index in [4.69, 9.17) is 0 Å². The molecule has 136 valence electrons. The van der Waals surface area contributed by atoms with Crippen LogP contribution in [0.5, 0.6) is 0 Å². The van der Waals surface area contributed by atoms with Crippen molar-refractivity contribution in [2.75, 3.05) is 23.3 Å². The van der Waals surface area contributed by atoms with E-state index >= 15 is 0 Å². The Labute approximate surface area is 146 Å². The van der Waals surface area contributed by atoms with E-state index in [1.807, 2.05) is 0 Å². The van der Waals surface area contributed by atoms with Crippen LogP contribution in [-0.4, -0.2) is 23.1 Å². The highest BCUT2D eigenvalue weighted by atomic mass is 19.4. The van der Waals surface area contributed by atoms with Crippen LogP contribution in [0.15, 0.2) is 30.3 Å². The van der Waals surface area contributed by atoms with E-state index in [0.29, 0.717) is 11.6 Å². The molecule has 0 aliphatic rings. The molecule has 2 rings (SSSR count). The summed E-state index contributed by atoms with van der Waals surface area (Å²) in [6.45, 7) is 7.57. The van der Waals surface area contributed by atoms with Gasteiger partial charge in [0.1, 0.15) is 17.5 Å². The van der Waals surface area contributed by atoms with Crippen LogP contribution in [-0.2, 0) is 6.18 Å². The van der Waals surface area contributed by atoms with E-state index < -0.39 is 11.7 Å². The van der Waals surface area contributed by atoms with Gasteiger partial charge < -0.3 is 10.2 Å². The molecule has 7 heteroatoms. The molecule has 25 heavy (non-hydrogen) atoms. The van der Waals surface area contributed by atoms with Gasteiger partial charge in [-0.1, -0.05) is 26.0 Å². The van der Waals surface area contributed by atoms with Crippen LogP contribution in [0.1, 0.15) is 38.1 Å². The summed E-state index contributed by atoms with van der Waals surface area (Å²) in [5, 5.41) is 2.80. The monoisotopic (exact) mass is 352 g/mol. The van der Waals surface area contributed by atoms with Crippen molar-refractivity contribution in [2.45, 2.75) is 39.8 Å². The molecule has 1 aromatic carbocycles. The standard InChI is InChI=1S/C18H23F3N4/c1-4-10-25(11-5-2)17-12-16(22-13(3)23-17)24-15-9-7-6-8-14(15)18(19,20)21/h6-9,12H,4-5,10-11H2,1-3H3,(H,22,23,24). The maximum atomic E-state index is 13.2. The molecule has 0 radical (unpaired) electrons. The lowest BCUT2D eigenvalue weighted by atomic mass is 10.1. The molecule has 0 bridgehead atoms. The SMILES string of the molecule is CCCN(CCC)c1cc(Nc2ccccc2C(F)(F)F)nc(C)n1. The summed E-state index contributed by atoms with van der Waals surface area (Å²) in [4.78, 5) is 10.8. The number of anilines is 3. The molecular formula is C18H23F3N4. The van der Waals surface area contributed by atoms with Gasteiger partial charge in [0.25, 0.3) is 0 Å². The molecule has 0 atom stereocenters. The van der Waals surface area contributed by atoms with Crippen LogP contribution < -0.4 is 10.2 Å². The number of hydrogen-bond acceptors (Lipinski definition) is 4. The van der Waals surface area contributed by atoms with Crippen LogP contribution in [0, 0.1) is 6.92 Å². The van der Waals surface area contributed by atoms with Crippen LogP contribution in [0.2, 0.25) is 0 Å². The van der Waals surface area contributed by atoms with Crippen LogP contribution in [0.25, 0.3) is 0 Å². The molecular weight excluding hydrogens is 329 g/mol. The topological polar surface area (TPSA) is 41.0 Å². The predicted molar refractivity (Wildman–Crippen MR) is 94.3 cm³/mol. The van der Waals surface area contributed by atoms with Gasteiger partial charge in [0.05, 0.1) is 11.3 Å². The second-order valence-corrected chi connectivity index (χ2v) is 5.81. The summed E-state index contributed by atoms with van der Waals surface area (Å²) >= 11 is 0. The molecule has 0 amide bonds. The highest BCUT2D eigenvalue weighted by Crippen LogP contribution is 2.35. The molecule has 4 nitrogen and oxygen atoms in total. The van der Waals surface area contributed by atoms with Gasteiger partial charge in [-0.2, -0.15) is 13.2 Å². The van der Waals surface area contributed by atoms with E-state index in [0.717, 1.165) is 37.8 Å². The fraction of sp³-hybridized carbons (Fsp3) is 0.444. The largest absolute Gasteiger partial charge is 0.418 e. The number of para-hydroxylation sites is 1. The summed E-state index contributed by atoms with van der Waals surface area (Å²) in [5.41, 5.74) is -0.733. The second-order valence-electron chi connectivity index (χ2n) is 5.81. The van der Waals surface area contributed by atoms with Crippen LogP contribution >= 0.6 is 0 Å². The van der Waals surface area contributed by atoms with Crippen LogP contribution in [0.3, 0.4) is 0 Å². The minimum absolute atomic E-state index is 0.0171. The van der Waals surface area contributed by atoms with Crippen LogP contribution in [0.4, 0.5) is 30.5 Å². The predicted octanol–water partition coefficient (Wildman–Crippen LogP) is 5.17. The Bertz CT molecular complexity index is 695. The number of alkyl halides is 3. The molecule has 1 heterocycles. The fourth-order valence-corrected chi connectivity index (χ4v) is 2.64. The first-order chi connectivity index (χ1) is 11.8. The van der Waals surface area contributed by atoms with Gasteiger partial charge in [-0.25, -0.2) is 9.97 Å². The number of rotatable bonds is 7. The van der Waals surface area contributed by atoms with Crippen molar-refractivity contribution in [1.82, 2.24) is 9.97 Å². The maximum Gasteiger partial charge on any atom is 0.418 e. The fourth-order valence-electron chi connectivity index (χ4n) is 2.64. The molecule has 0 aliphatic heterocycles. The molecule has 0 saturated carbocycles. The highest BCUT2D eigenvalue weighted by molar-refractivity contribution is 5.63. The minimum atomic E-state index is -4.43. The number of benzene rings is 1. The van der Waals surface area contributed by atoms with Gasteiger partial charge in [-0.05, 0) is 31.9 Å². The lowest BCUT2D eigenvalue weighted by Crippen LogP contribution is -2.26. The van der Waals surface area contributed by atoms with Crippen molar-refractivity contribution in [3.05, 3.63) is 41.7 Å². The van der Waals surface area contributed by atoms with Gasteiger partial charge in [0, 0.05) is 19.2 Å². The maximum absolute atomic E-state index is 13.2. The van der Waals surface area contributed by atoms with E-state index in [1.165, 1.54) is 12.1 Å². The minimum Gasteiger partial charge on any atom is -0.356 e. The summed E-state index contributed by atoms with van der Waals surface area (Å²) in [6.07, 6.45) is -2.50. The zero-order chi connectivity index (χ0) is 18.4. The van der Waals surface area contributed by atoms with E-state index in [9.17, 15) is 13.2 Å². The molecule has 1 aromatic heterocycles. The first-order valence-corrected chi connectivity index (χ1v) is 8.39. The number of hydrogen-bond donors (Lipinski definition) is 1. The van der Waals surface area contributed by atoms with Gasteiger partial charge in [-0.15, -0.1) is 0 Å². The third-order valence-electron chi connectivity index (χ3n) is 3.63. The van der Waals surface area contributed by atoms with E-state index in [-0.39, 0.29) is 5.69 Å². The Hall–Kier alpha value is -2.31. The van der Waals surface area contributed by atoms with E-state index in [1.54, 1.807) is 19.1 Å². The Kier molecular flexibility index (Phi) is 6.22. The summed E-state index contributed by atoms with van der Waals surface area (Å²) < 4.78 is 39.5. The average Bonchev–Trinajstić information content (AvgIpc) is 2.53. The Balaban J connectivity index is 2.35. The summed E-state index contributed by atoms with van der Waals surface area (Å²) in [6, 6.07) is 7.08. The summed E-state index contributed by atoms with van der Waals surface area (Å²) in [7, 11) is 0. The number of nitrogens with zero attached hydrogens (tertiary/aromatic N) is 3. The van der Waals surface area contributed by atoms with Gasteiger partial charge in [-0.3, -0.25) is 0 Å². The first kappa shape index (κ1) is 19.0. The zero-order valence-corrected chi connectivity index (χ0v) is 14.7. The van der Waals surface area contributed by atoms with Crippen molar-refractivity contribution in [2.24, 2.45) is 0 Å². The first-order valence-electron chi connectivity index (χ1n) is 8.39. The number of aryl methyl sites for hydroxylation is 1. The molecule has 1 N–H and O–H groups in total. The molecule has 0 saturated heterocycles. The number of aromatic nitrogens is 2.